The summed E-state index contributed by atoms with van der Waals surface area (Å²) in [4.78, 5) is 13.0. The second-order valence-corrected chi connectivity index (χ2v) is 4.71. The van der Waals surface area contributed by atoms with E-state index in [1.54, 1.807) is 11.0 Å². The van der Waals surface area contributed by atoms with Gasteiger partial charge in [0.15, 0.2) is 0 Å². The van der Waals surface area contributed by atoms with Crippen molar-refractivity contribution in [1.82, 2.24) is 0 Å². The number of nitrogens with zero attached hydrogens (tertiary/aromatic N) is 1. The van der Waals surface area contributed by atoms with Gasteiger partial charge in [0.25, 0.3) is 0 Å². The van der Waals surface area contributed by atoms with E-state index >= 15 is 0 Å². The van der Waals surface area contributed by atoms with Crippen LogP contribution in [0.3, 0.4) is 0 Å². The fourth-order valence-corrected chi connectivity index (χ4v) is 2.74. The largest absolute Gasteiger partial charge is 0.351 e. The predicted octanol–water partition coefficient (Wildman–Crippen LogP) is 3.40. The zero-order chi connectivity index (χ0) is 12.9. The van der Waals surface area contributed by atoms with Crippen LogP contribution < -0.4 is 10.6 Å². The molecule has 2 amide bonds. The van der Waals surface area contributed by atoms with Crippen LogP contribution in [0.4, 0.5) is 14.9 Å². The lowest BCUT2D eigenvalue weighted by Crippen LogP contribution is -2.34. The summed E-state index contributed by atoms with van der Waals surface area (Å²) in [6, 6.07) is 7.94. The fraction of sp³-hybridized carbons (Fsp3) is 0.214. The van der Waals surface area contributed by atoms with Crippen LogP contribution >= 0.6 is 12.4 Å². The third-order valence-electron chi connectivity index (χ3n) is 3.51. The van der Waals surface area contributed by atoms with Crippen LogP contribution in [0, 0.1) is 5.82 Å². The molecule has 19 heavy (non-hydrogen) atoms. The Morgan fingerprint density at radius 3 is 2.79 bits per heavy atom. The van der Waals surface area contributed by atoms with Crippen molar-refractivity contribution in [1.29, 1.82) is 0 Å². The Morgan fingerprint density at radius 1 is 1.37 bits per heavy atom. The first-order chi connectivity index (χ1) is 8.58. The average molecular weight is 281 g/mol. The van der Waals surface area contributed by atoms with Crippen LogP contribution in [0.25, 0.3) is 10.8 Å². The molecule has 0 saturated heterocycles. The molecular formula is C14H14ClFN2O. The first-order valence-electron chi connectivity index (χ1n) is 5.87. The number of benzene rings is 2. The van der Waals surface area contributed by atoms with Crippen LogP contribution in [0.5, 0.6) is 0 Å². The summed E-state index contributed by atoms with van der Waals surface area (Å²) in [5.74, 6) is -0.0403. The molecule has 3 rings (SSSR count). The molecule has 3 nitrogen and oxygen atoms in total. The Balaban J connectivity index is 0.00000133. The van der Waals surface area contributed by atoms with E-state index in [1.165, 1.54) is 12.1 Å². The maximum Gasteiger partial charge on any atom is 0.319 e. The molecule has 1 heterocycles. The van der Waals surface area contributed by atoms with Crippen LogP contribution in [0.1, 0.15) is 18.4 Å². The monoisotopic (exact) mass is 280 g/mol. The second-order valence-electron chi connectivity index (χ2n) is 4.71. The van der Waals surface area contributed by atoms with Gasteiger partial charge in [0, 0.05) is 18.2 Å². The Bertz CT molecular complexity index is 659. The Kier molecular flexibility index (Phi) is 3.37. The molecule has 0 fully saturated rings. The molecule has 0 spiro atoms. The molecule has 1 atom stereocenters. The Hall–Kier alpha value is -1.81. The average Bonchev–Trinajstić information content (AvgIpc) is 2.67. The second kappa shape index (κ2) is 4.70. The number of carbonyl (C=O) groups is 1. The van der Waals surface area contributed by atoms with Crippen LogP contribution in [-0.4, -0.2) is 12.6 Å². The van der Waals surface area contributed by atoms with Crippen molar-refractivity contribution in [3.8, 4) is 0 Å². The van der Waals surface area contributed by atoms with Crippen molar-refractivity contribution >= 4 is 34.9 Å². The highest BCUT2D eigenvalue weighted by Gasteiger charge is 2.30. The van der Waals surface area contributed by atoms with Gasteiger partial charge in [-0.05, 0) is 34.5 Å². The number of rotatable bonds is 0. The molecule has 2 aromatic carbocycles. The molecular weight excluding hydrogens is 267 g/mol. The third-order valence-corrected chi connectivity index (χ3v) is 3.51. The lowest BCUT2D eigenvalue weighted by atomic mass is 9.96. The summed E-state index contributed by atoms with van der Waals surface area (Å²) in [6.45, 7) is 2.63. The van der Waals surface area contributed by atoms with E-state index in [-0.39, 0.29) is 24.1 Å². The minimum Gasteiger partial charge on any atom is -0.351 e. The van der Waals surface area contributed by atoms with Gasteiger partial charge in [-0.1, -0.05) is 19.1 Å². The van der Waals surface area contributed by atoms with E-state index in [2.05, 4.69) is 0 Å². The van der Waals surface area contributed by atoms with E-state index in [9.17, 15) is 9.18 Å². The van der Waals surface area contributed by atoms with Gasteiger partial charge in [-0.15, -0.1) is 12.4 Å². The van der Waals surface area contributed by atoms with Crippen molar-refractivity contribution < 1.29 is 9.18 Å². The lowest BCUT2D eigenvalue weighted by molar-refractivity contribution is 0.254. The van der Waals surface area contributed by atoms with Gasteiger partial charge in [0.2, 0.25) is 0 Å². The molecule has 0 saturated carbocycles. The highest BCUT2D eigenvalue weighted by molar-refractivity contribution is 6.00. The van der Waals surface area contributed by atoms with Gasteiger partial charge in [-0.3, -0.25) is 4.90 Å². The quantitative estimate of drug-likeness (QED) is 0.790. The highest BCUT2D eigenvalue weighted by atomic mass is 35.5. The minimum atomic E-state index is -0.443. The number of urea groups is 1. The molecule has 0 aromatic heterocycles. The molecule has 100 valence electrons. The summed E-state index contributed by atoms with van der Waals surface area (Å²) >= 11 is 0. The number of anilines is 1. The molecule has 0 bridgehead atoms. The summed E-state index contributed by atoms with van der Waals surface area (Å²) in [5, 5.41) is 1.84. The minimum absolute atomic E-state index is 0. The number of nitrogens with two attached hydrogens (primary N) is 1. The zero-order valence-electron chi connectivity index (χ0n) is 10.4. The highest BCUT2D eigenvalue weighted by Crippen LogP contribution is 2.40. The van der Waals surface area contributed by atoms with Crippen LogP contribution in [0.15, 0.2) is 30.3 Å². The first kappa shape index (κ1) is 13.6. The zero-order valence-corrected chi connectivity index (χ0v) is 11.2. The van der Waals surface area contributed by atoms with E-state index < -0.39 is 6.03 Å². The van der Waals surface area contributed by atoms with Gasteiger partial charge >= 0.3 is 6.03 Å². The van der Waals surface area contributed by atoms with Gasteiger partial charge in [-0.2, -0.15) is 0 Å². The van der Waals surface area contributed by atoms with Gasteiger partial charge in [0.05, 0.1) is 0 Å². The molecule has 2 N–H and O–H groups in total. The van der Waals surface area contributed by atoms with E-state index in [0.717, 1.165) is 22.0 Å². The molecule has 2 aromatic rings. The summed E-state index contributed by atoms with van der Waals surface area (Å²) < 4.78 is 13.2. The predicted molar refractivity (Wildman–Crippen MR) is 76.5 cm³/mol. The number of halogens is 2. The maximum atomic E-state index is 13.2. The summed E-state index contributed by atoms with van der Waals surface area (Å²) in [7, 11) is 0. The SMILES string of the molecule is CC1CN(C(N)=O)c2ccc3cc(F)ccc3c21.Cl. The maximum absolute atomic E-state index is 13.2. The summed E-state index contributed by atoms with van der Waals surface area (Å²) in [6.07, 6.45) is 0. The van der Waals surface area contributed by atoms with Gasteiger partial charge < -0.3 is 5.73 Å². The van der Waals surface area contributed by atoms with Crippen molar-refractivity contribution in [2.75, 3.05) is 11.4 Å². The number of hydrogen-bond acceptors (Lipinski definition) is 1. The molecule has 5 heteroatoms. The topological polar surface area (TPSA) is 46.3 Å². The van der Waals surface area contributed by atoms with Crippen molar-refractivity contribution in [2.45, 2.75) is 12.8 Å². The fourth-order valence-electron chi connectivity index (χ4n) is 2.74. The van der Waals surface area contributed by atoms with E-state index in [1.807, 2.05) is 19.1 Å². The van der Waals surface area contributed by atoms with Gasteiger partial charge in [0.1, 0.15) is 5.82 Å². The van der Waals surface area contributed by atoms with Crippen molar-refractivity contribution in [3.63, 3.8) is 0 Å². The van der Waals surface area contributed by atoms with E-state index in [4.69, 9.17) is 5.73 Å². The Labute approximate surface area is 116 Å². The number of hydrogen-bond donors (Lipinski definition) is 1. The number of carbonyl (C=O) groups excluding carboxylic acids is 1. The first-order valence-corrected chi connectivity index (χ1v) is 5.87. The number of amides is 2. The van der Waals surface area contributed by atoms with Crippen LogP contribution in [-0.2, 0) is 0 Å². The molecule has 0 radical (unpaired) electrons. The lowest BCUT2D eigenvalue weighted by Gasteiger charge is -2.14. The number of primary amides is 1. The third kappa shape index (κ3) is 2.02. The van der Waals surface area contributed by atoms with Crippen molar-refractivity contribution in [3.05, 3.63) is 41.7 Å². The van der Waals surface area contributed by atoms with E-state index in [0.29, 0.717) is 6.54 Å². The number of fused-ring (bicyclic) bond motifs is 3. The summed E-state index contributed by atoms with van der Waals surface area (Å²) in [5.41, 5.74) is 7.29. The van der Waals surface area contributed by atoms with Crippen LogP contribution in [0.2, 0.25) is 0 Å². The van der Waals surface area contributed by atoms with Gasteiger partial charge in [-0.25, -0.2) is 9.18 Å². The normalized spacial score (nSPS) is 17.2. The smallest absolute Gasteiger partial charge is 0.319 e. The van der Waals surface area contributed by atoms with Crippen molar-refractivity contribution in [2.24, 2.45) is 5.73 Å². The standard InChI is InChI=1S/C14H13FN2O.ClH/c1-8-7-17(14(16)18)12-5-2-9-6-10(15)3-4-11(9)13(8)12;/h2-6,8H,7H2,1H3,(H2,16,18);1H. The molecule has 0 aliphatic carbocycles. The molecule has 1 aliphatic rings. The Morgan fingerprint density at radius 2 is 2.11 bits per heavy atom. The molecule has 1 unspecified atom stereocenters. The molecule has 1 aliphatic heterocycles.